The Kier molecular flexibility index (Phi) is 4.45. The van der Waals surface area contributed by atoms with Gasteiger partial charge in [-0.25, -0.2) is 4.79 Å². The van der Waals surface area contributed by atoms with E-state index in [0.29, 0.717) is 25.0 Å². The summed E-state index contributed by atoms with van der Waals surface area (Å²) in [6.07, 6.45) is 3.50. The van der Waals surface area contributed by atoms with E-state index in [1.165, 1.54) is 19.9 Å². The molecule has 0 bridgehead atoms. The second kappa shape index (κ2) is 5.93. The Morgan fingerprint density at radius 3 is 2.65 bits per heavy atom. The molecule has 2 unspecified atom stereocenters. The number of aromatic nitrogens is 2. The lowest BCUT2D eigenvalue weighted by atomic mass is 10.0. The van der Waals surface area contributed by atoms with Gasteiger partial charge in [0.05, 0.1) is 0 Å². The van der Waals surface area contributed by atoms with Crippen molar-refractivity contribution in [1.29, 1.82) is 0 Å². The smallest absolute Gasteiger partial charge is 0.330 e. The molecule has 1 heterocycles. The van der Waals surface area contributed by atoms with Crippen LogP contribution >= 0.6 is 0 Å². The molecule has 1 aromatic rings. The second-order valence-electron chi connectivity index (χ2n) is 5.78. The first-order chi connectivity index (χ1) is 9.45. The van der Waals surface area contributed by atoms with Crippen molar-refractivity contribution in [1.82, 2.24) is 14.0 Å². The first-order valence-corrected chi connectivity index (χ1v) is 7.12. The van der Waals surface area contributed by atoms with Gasteiger partial charge in [-0.1, -0.05) is 6.42 Å². The highest BCUT2D eigenvalue weighted by molar-refractivity contribution is 5.03. The van der Waals surface area contributed by atoms with E-state index < -0.39 is 0 Å². The Balaban J connectivity index is 2.22. The largest absolute Gasteiger partial charge is 0.330 e. The monoisotopic (exact) mass is 280 g/mol. The summed E-state index contributed by atoms with van der Waals surface area (Å²) < 4.78 is 2.67. The number of hydrogen-bond acceptors (Lipinski definition) is 4. The summed E-state index contributed by atoms with van der Waals surface area (Å²) in [5.74, 6) is 0.517. The van der Waals surface area contributed by atoms with Crippen LogP contribution in [0.25, 0.3) is 0 Å². The lowest BCUT2D eigenvalue weighted by Crippen LogP contribution is -2.42. The lowest BCUT2D eigenvalue weighted by molar-refractivity contribution is 0.188. The van der Waals surface area contributed by atoms with Crippen LogP contribution in [0.2, 0.25) is 0 Å². The van der Waals surface area contributed by atoms with Gasteiger partial charge in [0, 0.05) is 38.4 Å². The molecule has 2 N–H and O–H groups in total. The van der Waals surface area contributed by atoms with Crippen molar-refractivity contribution in [2.75, 3.05) is 13.6 Å². The fraction of sp³-hybridized carbons (Fsp3) is 0.714. The molecule has 0 radical (unpaired) electrons. The Morgan fingerprint density at radius 2 is 2.00 bits per heavy atom. The van der Waals surface area contributed by atoms with Crippen LogP contribution in [0.3, 0.4) is 0 Å². The molecule has 1 aromatic heterocycles. The summed E-state index contributed by atoms with van der Waals surface area (Å²) >= 11 is 0. The van der Waals surface area contributed by atoms with Crippen LogP contribution < -0.4 is 17.0 Å². The summed E-state index contributed by atoms with van der Waals surface area (Å²) in [7, 11) is 5.25. The van der Waals surface area contributed by atoms with Crippen LogP contribution in [-0.4, -0.2) is 33.7 Å². The summed E-state index contributed by atoms with van der Waals surface area (Å²) in [6, 6.07) is 1.99. The number of nitrogens with two attached hydrogens (primary N) is 1. The molecule has 6 heteroatoms. The molecular formula is C14H24N4O2. The molecule has 0 saturated heterocycles. The van der Waals surface area contributed by atoms with E-state index in [-0.39, 0.29) is 11.2 Å². The van der Waals surface area contributed by atoms with Gasteiger partial charge in [0.15, 0.2) is 0 Å². The predicted molar refractivity (Wildman–Crippen MR) is 78.6 cm³/mol. The van der Waals surface area contributed by atoms with E-state index in [4.69, 9.17) is 5.73 Å². The van der Waals surface area contributed by atoms with Crippen LogP contribution in [0.15, 0.2) is 15.7 Å². The average Bonchev–Trinajstić information content (AvgIpc) is 2.90. The van der Waals surface area contributed by atoms with Gasteiger partial charge in [0.25, 0.3) is 5.56 Å². The highest BCUT2D eigenvalue weighted by Crippen LogP contribution is 2.29. The van der Waals surface area contributed by atoms with Crippen molar-refractivity contribution < 1.29 is 0 Å². The van der Waals surface area contributed by atoms with Crippen molar-refractivity contribution in [2.24, 2.45) is 25.7 Å². The third-order valence-corrected chi connectivity index (χ3v) is 4.52. The minimum atomic E-state index is -0.275. The van der Waals surface area contributed by atoms with Crippen LogP contribution in [0.5, 0.6) is 0 Å². The maximum absolute atomic E-state index is 11.9. The maximum Gasteiger partial charge on any atom is 0.330 e. The Labute approximate surface area is 118 Å². The van der Waals surface area contributed by atoms with Gasteiger partial charge >= 0.3 is 5.69 Å². The number of nitrogens with zero attached hydrogens (tertiary/aromatic N) is 3. The average molecular weight is 280 g/mol. The van der Waals surface area contributed by atoms with E-state index in [1.807, 2.05) is 7.05 Å². The quantitative estimate of drug-likeness (QED) is 0.817. The van der Waals surface area contributed by atoms with Gasteiger partial charge in [0.1, 0.15) is 0 Å². The minimum absolute atomic E-state index is 0.252. The van der Waals surface area contributed by atoms with E-state index in [2.05, 4.69) is 4.90 Å². The molecule has 1 aliphatic carbocycles. The Bertz CT molecular complexity index is 590. The van der Waals surface area contributed by atoms with Crippen LogP contribution in [0.4, 0.5) is 0 Å². The van der Waals surface area contributed by atoms with E-state index in [1.54, 1.807) is 17.7 Å². The van der Waals surface area contributed by atoms with Crippen LogP contribution in [0.1, 0.15) is 25.0 Å². The first kappa shape index (κ1) is 15.0. The molecule has 0 amide bonds. The first-order valence-electron chi connectivity index (χ1n) is 7.12. The van der Waals surface area contributed by atoms with Gasteiger partial charge in [-0.3, -0.25) is 18.8 Å². The topological polar surface area (TPSA) is 73.3 Å². The lowest BCUT2D eigenvalue weighted by Gasteiger charge is -2.29. The summed E-state index contributed by atoms with van der Waals surface area (Å²) in [4.78, 5) is 25.9. The molecule has 0 spiro atoms. The summed E-state index contributed by atoms with van der Waals surface area (Å²) in [5.41, 5.74) is 6.04. The van der Waals surface area contributed by atoms with Gasteiger partial charge < -0.3 is 5.73 Å². The Hall–Kier alpha value is -1.40. The fourth-order valence-corrected chi connectivity index (χ4v) is 3.18. The molecule has 0 aliphatic heterocycles. The van der Waals surface area contributed by atoms with Gasteiger partial charge in [0.2, 0.25) is 0 Å². The normalized spacial score (nSPS) is 22.6. The highest BCUT2D eigenvalue weighted by Gasteiger charge is 2.29. The zero-order chi connectivity index (χ0) is 14.9. The van der Waals surface area contributed by atoms with E-state index in [0.717, 1.165) is 16.7 Å². The molecular weight excluding hydrogens is 256 g/mol. The SMILES string of the molecule is CN(Cc1cc(=O)n(C)c(=O)n1C)C1CCCC1CN. The van der Waals surface area contributed by atoms with Crippen LogP contribution in [-0.2, 0) is 20.6 Å². The third-order valence-electron chi connectivity index (χ3n) is 4.52. The summed E-state index contributed by atoms with van der Waals surface area (Å²) in [5, 5.41) is 0. The van der Waals surface area contributed by atoms with E-state index in [9.17, 15) is 9.59 Å². The zero-order valence-electron chi connectivity index (χ0n) is 12.5. The molecule has 112 valence electrons. The Morgan fingerprint density at radius 1 is 1.30 bits per heavy atom. The highest BCUT2D eigenvalue weighted by atomic mass is 16.2. The fourth-order valence-electron chi connectivity index (χ4n) is 3.18. The third kappa shape index (κ3) is 2.71. The molecule has 1 saturated carbocycles. The standard InChI is InChI=1S/C14H24N4O2/c1-16(12-6-4-5-10(12)8-15)9-11-7-13(19)18(3)14(20)17(11)2/h7,10,12H,4-6,8-9,15H2,1-3H3. The molecule has 1 aliphatic rings. The predicted octanol–water partition coefficient (Wildman–Crippen LogP) is -0.357. The molecule has 1 fully saturated rings. The van der Waals surface area contributed by atoms with Crippen molar-refractivity contribution in [2.45, 2.75) is 31.8 Å². The molecule has 6 nitrogen and oxygen atoms in total. The number of rotatable bonds is 4. The van der Waals surface area contributed by atoms with Gasteiger partial charge in [-0.2, -0.15) is 0 Å². The molecule has 20 heavy (non-hydrogen) atoms. The molecule has 2 atom stereocenters. The van der Waals surface area contributed by atoms with Crippen molar-refractivity contribution in [3.05, 3.63) is 32.6 Å². The minimum Gasteiger partial charge on any atom is -0.330 e. The van der Waals surface area contributed by atoms with Crippen molar-refractivity contribution >= 4 is 0 Å². The molecule has 0 aromatic carbocycles. The summed E-state index contributed by atoms with van der Waals surface area (Å²) in [6.45, 7) is 1.30. The van der Waals surface area contributed by atoms with Crippen molar-refractivity contribution in [3.8, 4) is 0 Å². The van der Waals surface area contributed by atoms with Gasteiger partial charge in [-0.15, -0.1) is 0 Å². The zero-order valence-corrected chi connectivity index (χ0v) is 12.5. The number of hydrogen-bond donors (Lipinski definition) is 1. The maximum atomic E-state index is 11.9. The van der Waals surface area contributed by atoms with Crippen LogP contribution in [0, 0.1) is 5.92 Å². The second-order valence-corrected chi connectivity index (χ2v) is 5.78. The molecule has 2 rings (SSSR count). The van der Waals surface area contributed by atoms with Gasteiger partial charge in [-0.05, 0) is 32.4 Å². The van der Waals surface area contributed by atoms with E-state index >= 15 is 0 Å². The van der Waals surface area contributed by atoms with Crippen molar-refractivity contribution in [3.63, 3.8) is 0 Å².